The van der Waals surface area contributed by atoms with Crippen LogP contribution in [0.15, 0.2) is 36.4 Å². The van der Waals surface area contributed by atoms with Crippen LogP contribution in [0.5, 0.6) is 0 Å². The van der Waals surface area contributed by atoms with Gasteiger partial charge < -0.3 is 11.1 Å². The summed E-state index contributed by atoms with van der Waals surface area (Å²) in [5.41, 5.74) is 7.90. The molecule has 0 bridgehead atoms. The summed E-state index contributed by atoms with van der Waals surface area (Å²) in [6.45, 7) is 2.96. The number of hydrogen-bond acceptors (Lipinski definition) is 2. The molecule has 0 saturated carbocycles. The van der Waals surface area contributed by atoms with Gasteiger partial charge in [0.2, 0.25) is 0 Å². The normalized spacial score (nSPS) is 10.4. The van der Waals surface area contributed by atoms with Crippen LogP contribution in [-0.2, 0) is 0 Å². The summed E-state index contributed by atoms with van der Waals surface area (Å²) < 4.78 is 0. The van der Waals surface area contributed by atoms with Gasteiger partial charge in [-0.05, 0) is 18.4 Å². The van der Waals surface area contributed by atoms with E-state index in [-0.39, 0.29) is 0 Å². The molecule has 3 N–H and O–H groups in total. The third kappa shape index (κ3) is 1.39. The third-order valence-electron chi connectivity index (χ3n) is 2.34. The van der Waals surface area contributed by atoms with Crippen LogP contribution in [0.4, 0.5) is 11.4 Å². The summed E-state index contributed by atoms with van der Waals surface area (Å²) in [6.07, 6.45) is 0. The van der Waals surface area contributed by atoms with Crippen molar-refractivity contribution < 1.29 is 0 Å². The number of fused-ring (bicyclic) bond motifs is 1. The molecule has 72 valence electrons. The van der Waals surface area contributed by atoms with Gasteiger partial charge in [-0.1, -0.05) is 30.3 Å². The van der Waals surface area contributed by atoms with Crippen LogP contribution in [-0.4, -0.2) is 6.54 Å². The molecule has 14 heavy (non-hydrogen) atoms. The maximum absolute atomic E-state index is 6.04. The zero-order valence-electron chi connectivity index (χ0n) is 8.25. The summed E-state index contributed by atoms with van der Waals surface area (Å²) in [5.74, 6) is 0. The first kappa shape index (κ1) is 8.88. The summed E-state index contributed by atoms with van der Waals surface area (Å²) in [5, 5.41) is 5.55. The maximum atomic E-state index is 6.04. The van der Waals surface area contributed by atoms with Crippen molar-refractivity contribution in [1.29, 1.82) is 0 Å². The van der Waals surface area contributed by atoms with Crippen molar-refractivity contribution in [3.8, 4) is 0 Å². The zero-order chi connectivity index (χ0) is 9.97. The number of nitrogens with one attached hydrogen (secondary N) is 1. The Bertz CT molecular complexity index is 449. The molecule has 0 saturated heterocycles. The minimum absolute atomic E-state index is 0.838. The highest BCUT2D eigenvalue weighted by atomic mass is 14.9. The van der Waals surface area contributed by atoms with Crippen molar-refractivity contribution in [2.45, 2.75) is 6.92 Å². The first-order valence-corrected chi connectivity index (χ1v) is 4.84. The van der Waals surface area contributed by atoms with Gasteiger partial charge >= 0.3 is 0 Å². The Morgan fingerprint density at radius 3 is 2.71 bits per heavy atom. The van der Waals surface area contributed by atoms with E-state index in [0.717, 1.165) is 23.3 Å². The second-order valence-electron chi connectivity index (χ2n) is 3.28. The Morgan fingerprint density at radius 1 is 1.14 bits per heavy atom. The molecule has 0 aliphatic rings. The molecule has 0 amide bonds. The van der Waals surface area contributed by atoms with Crippen LogP contribution in [0.2, 0.25) is 0 Å². The van der Waals surface area contributed by atoms with Gasteiger partial charge in [0.25, 0.3) is 0 Å². The molecule has 0 aliphatic heterocycles. The van der Waals surface area contributed by atoms with Gasteiger partial charge in [-0.3, -0.25) is 0 Å². The fourth-order valence-corrected chi connectivity index (χ4v) is 1.64. The van der Waals surface area contributed by atoms with Gasteiger partial charge in [-0.2, -0.15) is 0 Å². The van der Waals surface area contributed by atoms with Crippen molar-refractivity contribution >= 4 is 22.1 Å². The second kappa shape index (κ2) is 3.58. The molecule has 2 heteroatoms. The zero-order valence-corrected chi connectivity index (χ0v) is 8.25. The van der Waals surface area contributed by atoms with Gasteiger partial charge in [0, 0.05) is 11.9 Å². The van der Waals surface area contributed by atoms with Crippen LogP contribution >= 0.6 is 0 Å². The number of benzene rings is 2. The number of nitrogen functional groups attached to an aromatic ring is 1. The number of hydrogen-bond donors (Lipinski definition) is 2. The van der Waals surface area contributed by atoms with E-state index in [2.05, 4.69) is 24.4 Å². The van der Waals surface area contributed by atoms with Crippen LogP contribution in [0.1, 0.15) is 6.92 Å². The molecule has 0 unspecified atom stereocenters. The standard InChI is InChI=1S/C12H14N2/c1-2-14-11-8-7-9-5-3-4-6-10(9)12(11)13/h3-8,14H,2,13H2,1H3. The molecule has 0 atom stereocenters. The van der Waals surface area contributed by atoms with E-state index in [1.807, 2.05) is 24.3 Å². The van der Waals surface area contributed by atoms with Crippen molar-refractivity contribution in [2.75, 3.05) is 17.6 Å². The summed E-state index contributed by atoms with van der Waals surface area (Å²) >= 11 is 0. The fourth-order valence-electron chi connectivity index (χ4n) is 1.64. The lowest BCUT2D eigenvalue weighted by Gasteiger charge is -2.09. The predicted molar refractivity (Wildman–Crippen MR) is 62.5 cm³/mol. The van der Waals surface area contributed by atoms with Gasteiger partial charge in [0.05, 0.1) is 11.4 Å². The smallest absolute Gasteiger partial charge is 0.0629 e. The monoisotopic (exact) mass is 186 g/mol. The summed E-state index contributed by atoms with van der Waals surface area (Å²) in [7, 11) is 0. The van der Waals surface area contributed by atoms with Crippen LogP contribution in [0, 0.1) is 0 Å². The van der Waals surface area contributed by atoms with Crippen molar-refractivity contribution in [3.63, 3.8) is 0 Å². The minimum atomic E-state index is 0.838. The maximum Gasteiger partial charge on any atom is 0.0629 e. The lowest BCUT2D eigenvalue weighted by molar-refractivity contribution is 1.22. The molecule has 2 rings (SSSR count). The molecule has 0 heterocycles. The van der Waals surface area contributed by atoms with E-state index < -0.39 is 0 Å². The molecule has 2 aromatic rings. The van der Waals surface area contributed by atoms with Crippen LogP contribution in [0.3, 0.4) is 0 Å². The average Bonchev–Trinajstić information content (AvgIpc) is 2.23. The first-order valence-electron chi connectivity index (χ1n) is 4.84. The fraction of sp³-hybridized carbons (Fsp3) is 0.167. The highest BCUT2D eigenvalue weighted by molar-refractivity contribution is 5.98. The lowest BCUT2D eigenvalue weighted by Crippen LogP contribution is -2.00. The van der Waals surface area contributed by atoms with Crippen molar-refractivity contribution in [2.24, 2.45) is 0 Å². The number of nitrogens with two attached hydrogens (primary N) is 1. The van der Waals surface area contributed by atoms with E-state index in [1.54, 1.807) is 0 Å². The van der Waals surface area contributed by atoms with E-state index in [4.69, 9.17) is 5.73 Å². The molecule has 0 radical (unpaired) electrons. The topological polar surface area (TPSA) is 38.0 Å². The van der Waals surface area contributed by atoms with E-state index in [9.17, 15) is 0 Å². The van der Waals surface area contributed by atoms with Gasteiger partial charge in [0.15, 0.2) is 0 Å². The molecular weight excluding hydrogens is 172 g/mol. The number of rotatable bonds is 2. The SMILES string of the molecule is CCNc1ccc2ccccc2c1N. The Hall–Kier alpha value is -1.70. The molecule has 2 nitrogen and oxygen atoms in total. The highest BCUT2D eigenvalue weighted by Crippen LogP contribution is 2.28. The second-order valence-corrected chi connectivity index (χ2v) is 3.28. The minimum Gasteiger partial charge on any atom is -0.397 e. The Labute approximate surface area is 83.7 Å². The van der Waals surface area contributed by atoms with Crippen LogP contribution < -0.4 is 11.1 Å². The molecule has 2 aromatic carbocycles. The summed E-state index contributed by atoms with van der Waals surface area (Å²) in [6, 6.07) is 12.3. The van der Waals surface area contributed by atoms with E-state index in [1.165, 1.54) is 5.39 Å². The van der Waals surface area contributed by atoms with Gasteiger partial charge in [-0.15, -0.1) is 0 Å². The first-order chi connectivity index (χ1) is 6.83. The van der Waals surface area contributed by atoms with Gasteiger partial charge in [0.1, 0.15) is 0 Å². The largest absolute Gasteiger partial charge is 0.397 e. The summed E-state index contributed by atoms with van der Waals surface area (Å²) in [4.78, 5) is 0. The predicted octanol–water partition coefficient (Wildman–Crippen LogP) is 2.85. The van der Waals surface area contributed by atoms with E-state index >= 15 is 0 Å². The lowest BCUT2D eigenvalue weighted by atomic mass is 10.1. The third-order valence-corrected chi connectivity index (χ3v) is 2.34. The molecule has 0 aliphatic carbocycles. The Balaban J connectivity index is 2.63. The number of anilines is 2. The molecular formula is C12H14N2. The molecule has 0 aromatic heterocycles. The van der Waals surface area contributed by atoms with Crippen molar-refractivity contribution in [1.82, 2.24) is 0 Å². The van der Waals surface area contributed by atoms with Gasteiger partial charge in [-0.25, -0.2) is 0 Å². The van der Waals surface area contributed by atoms with Crippen molar-refractivity contribution in [3.05, 3.63) is 36.4 Å². The Morgan fingerprint density at radius 2 is 1.93 bits per heavy atom. The van der Waals surface area contributed by atoms with E-state index in [0.29, 0.717) is 0 Å². The molecule has 0 spiro atoms. The van der Waals surface area contributed by atoms with Crippen LogP contribution in [0.25, 0.3) is 10.8 Å². The Kier molecular flexibility index (Phi) is 2.27. The molecule has 0 fully saturated rings. The quantitative estimate of drug-likeness (QED) is 0.708. The highest BCUT2D eigenvalue weighted by Gasteiger charge is 2.01. The average molecular weight is 186 g/mol.